The molecule has 3 nitrogen and oxygen atoms in total. The molecule has 14 heavy (non-hydrogen) atoms. The van der Waals surface area contributed by atoms with Gasteiger partial charge < -0.3 is 9.73 Å². The van der Waals surface area contributed by atoms with Crippen LogP contribution in [0.1, 0.15) is 37.8 Å². The van der Waals surface area contributed by atoms with Crippen molar-refractivity contribution in [2.45, 2.75) is 32.6 Å². The van der Waals surface area contributed by atoms with Crippen LogP contribution in [-0.2, 0) is 6.42 Å². The number of rotatable bonds is 3. The smallest absolute Gasteiger partial charge is 0.194 e. The van der Waals surface area contributed by atoms with E-state index in [-0.39, 0.29) is 0 Å². The normalized spacial score (nSPS) is 22.1. The molecule has 1 aromatic rings. The molecule has 2 rings (SSSR count). The highest BCUT2D eigenvalue weighted by atomic mass is 16.3. The number of oxazole rings is 1. The fourth-order valence-corrected chi connectivity index (χ4v) is 1.86. The van der Waals surface area contributed by atoms with E-state index >= 15 is 0 Å². The molecule has 1 aliphatic rings. The summed E-state index contributed by atoms with van der Waals surface area (Å²) in [7, 11) is 0. The van der Waals surface area contributed by atoms with Gasteiger partial charge in [0.2, 0.25) is 0 Å². The number of nitrogens with one attached hydrogen (secondary N) is 1. The summed E-state index contributed by atoms with van der Waals surface area (Å²) in [5.41, 5.74) is 1.13. The van der Waals surface area contributed by atoms with Crippen molar-refractivity contribution in [3.63, 3.8) is 0 Å². The van der Waals surface area contributed by atoms with Gasteiger partial charge in [-0.1, -0.05) is 13.8 Å². The molecule has 0 spiro atoms. The van der Waals surface area contributed by atoms with Gasteiger partial charge in [-0.2, -0.15) is 0 Å². The molecule has 1 fully saturated rings. The van der Waals surface area contributed by atoms with Crippen LogP contribution in [0.5, 0.6) is 0 Å². The molecule has 2 heterocycles. The zero-order valence-corrected chi connectivity index (χ0v) is 8.92. The number of aromatic nitrogens is 1. The minimum absolute atomic E-state index is 0.569. The van der Waals surface area contributed by atoms with Crippen molar-refractivity contribution < 1.29 is 4.42 Å². The summed E-state index contributed by atoms with van der Waals surface area (Å²) in [4.78, 5) is 4.53. The number of hydrogen-bond acceptors (Lipinski definition) is 3. The van der Waals surface area contributed by atoms with Crippen LogP contribution < -0.4 is 5.32 Å². The van der Waals surface area contributed by atoms with E-state index in [0.29, 0.717) is 11.8 Å². The predicted molar refractivity (Wildman–Crippen MR) is 55.3 cm³/mol. The van der Waals surface area contributed by atoms with Gasteiger partial charge in [0.1, 0.15) is 6.26 Å². The lowest BCUT2D eigenvalue weighted by Gasteiger charge is -2.01. The maximum absolute atomic E-state index is 5.45. The Balaban J connectivity index is 2.01. The highest BCUT2D eigenvalue weighted by Gasteiger charge is 2.20. The zero-order chi connectivity index (χ0) is 9.97. The molecule has 1 N–H and O–H groups in total. The Labute approximate surface area is 84.9 Å². The molecule has 0 aromatic carbocycles. The minimum atomic E-state index is 0.569. The molecule has 1 saturated heterocycles. The van der Waals surface area contributed by atoms with E-state index in [0.717, 1.165) is 31.1 Å². The van der Waals surface area contributed by atoms with E-state index in [1.165, 1.54) is 6.42 Å². The van der Waals surface area contributed by atoms with Crippen LogP contribution >= 0.6 is 0 Å². The molecule has 0 aliphatic carbocycles. The van der Waals surface area contributed by atoms with Crippen LogP contribution in [0.2, 0.25) is 0 Å². The summed E-state index contributed by atoms with van der Waals surface area (Å²) in [5.74, 6) is 2.07. The molecule has 0 bridgehead atoms. The summed E-state index contributed by atoms with van der Waals surface area (Å²) in [5, 5.41) is 3.34. The molecule has 0 radical (unpaired) electrons. The average molecular weight is 194 g/mol. The van der Waals surface area contributed by atoms with E-state index in [4.69, 9.17) is 4.42 Å². The second-order valence-corrected chi connectivity index (χ2v) is 4.45. The van der Waals surface area contributed by atoms with Crippen LogP contribution in [-0.4, -0.2) is 18.1 Å². The molecular weight excluding hydrogens is 176 g/mol. The van der Waals surface area contributed by atoms with E-state index in [9.17, 15) is 0 Å². The third-order valence-corrected chi connectivity index (χ3v) is 2.63. The van der Waals surface area contributed by atoms with Gasteiger partial charge in [0.15, 0.2) is 5.89 Å². The Morgan fingerprint density at radius 3 is 3.14 bits per heavy atom. The third kappa shape index (κ3) is 2.15. The zero-order valence-electron chi connectivity index (χ0n) is 8.92. The fourth-order valence-electron chi connectivity index (χ4n) is 1.86. The van der Waals surface area contributed by atoms with Gasteiger partial charge in [-0.05, 0) is 18.9 Å². The summed E-state index contributed by atoms with van der Waals surface area (Å²) < 4.78 is 5.45. The summed E-state index contributed by atoms with van der Waals surface area (Å²) in [6.45, 7) is 6.52. The van der Waals surface area contributed by atoms with Gasteiger partial charge in [0.05, 0.1) is 5.69 Å². The van der Waals surface area contributed by atoms with Crippen molar-refractivity contribution in [3.8, 4) is 0 Å². The first-order chi connectivity index (χ1) is 6.75. The predicted octanol–water partition coefficient (Wildman–Crippen LogP) is 1.95. The van der Waals surface area contributed by atoms with Gasteiger partial charge in [-0.25, -0.2) is 4.98 Å². The summed E-state index contributed by atoms with van der Waals surface area (Å²) in [6.07, 6.45) is 3.96. The standard InChI is InChI=1S/C11H18N2O/c1-8(2)5-11-13-10(7-14-11)9-3-4-12-6-9/h7-9,12H,3-6H2,1-2H3. The summed E-state index contributed by atoms with van der Waals surface area (Å²) >= 11 is 0. The van der Waals surface area contributed by atoms with Gasteiger partial charge in [0.25, 0.3) is 0 Å². The minimum Gasteiger partial charge on any atom is -0.449 e. The topological polar surface area (TPSA) is 38.1 Å². The van der Waals surface area contributed by atoms with Crippen LogP contribution in [0.3, 0.4) is 0 Å². The van der Waals surface area contributed by atoms with Gasteiger partial charge in [0, 0.05) is 18.9 Å². The quantitative estimate of drug-likeness (QED) is 0.799. The second kappa shape index (κ2) is 4.13. The van der Waals surface area contributed by atoms with Crippen LogP contribution in [0.25, 0.3) is 0 Å². The lowest BCUT2D eigenvalue weighted by atomic mass is 10.1. The van der Waals surface area contributed by atoms with Crippen LogP contribution in [0.15, 0.2) is 10.7 Å². The molecule has 0 saturated carbocycles. The third-order valence-electron chi connectivity index (χ3n) is 2.63. The molecule has 1 atom stereocenters. The van der Waals surface area contributed by atoms with Gasteiger partial charge in [-0.3, -0.25) is 0 Å². The van der Waals surface area contributed by atoms with Gasteiger partial charge >= 0.3 is 0 Å². The van der Waals surface area contributed by atoms with Crippen LogP contribution in [0.4, 0.5) is 0 Å². The van der Waals surface area contributed by atoms with Crippen molar-refractivity contribution in [2.24, 2.45) is 5.92 Å². The first-order valence-corrected chi connectivity index (χ1v) is 5.40. The second-order valence-electron chi connectivity index (χ2n) is 4.45. The first-order valence-electron chi connectivity index (χ1n) is 5.40. The first kappa shape index (κ1) is 9.71. The SMILES string of the molecule is CC(C)Cc1nc(C2CCNC2)co1. The lowest BCUT2D eigenvalue weighted by Crippen LogP contribution is -2.08. The summed E-state index contributed by atoms with van der Waals surface area (Å²) in [6, 6.07) is 0. The molecule has 3 heteroatoms. The van der Waals surface area contributed by atoms with E-state index in [2.05, 4.69) is 24.1 Å². The van der Waals surface area contributed by atoms with E-state index in [1.807, 2.05) is 6.26 Å². The largest absolute Gasteiger partial charge is 0.449 e. The Kier molecular flexibility index (Phi) is 2.87. The van der Waals surface area contributed by atoms with Crippen molar-refractivity contribution in [2.75, 3.05) is 13.1 Å². The maximum Gasteiger partial charge on any atom is 0.194 e. The maximum atomic E-state index is 5.45. The average Bonchev–Trinajstić information content (AvgIpc) is 2.69. The van der Waals surface area contributed by atoms with Crippen LogP contribution in [0, 0.1) is 5.92 Å². The molecule has 1 aliphatic heterocycles. The van der Waals surface area contributed by atoms with E-state index in [1.54, 1.807) is 0 Å². The van der Waals surface area contributed by atoms with E-state index < -0.39 is 0 Å². The molecule has 1 aromatic heterocycles. The van der Waals surface area contributed by atoms with Gasteiger partial charge in [-0.15, -0.1) is 0 Å². The Morgan fingerprint density at radius 2 is 2.50 bits per heavy atom. The lowest BCUT2D eigenvalue weighted by molar-refractivity contribution is 0.457. The Morgan fingerprint density at radius 1 is 1.64 bits per heavy atom. The number of hydrogen-bond donors (Lipinski definition) is 1. The molecule has 1 unspecified atom stereocenters. The monoisotopic (exact) mass is 194 g/mol. The Bertz CT molecular complexity index is 287. The van der Waals surface area contributed by atoms with Crippen molar-refractivity contribution in [1.82, 2.24) is 10.3 Å². The Hall–Kier alpha value is -0.830. The molecule has 0 amide bonds. The van der Waals surface area contributed by atoms with Crippen molar-refractivity contribution in [1.29, 1.82) is 0 Å². The fraction of sp³-hybridized carbons (Fsp3) is 0.727. The highest BCUT2D eigenvalue weighted by Crippen LogP contribution is 2.22. The highest BCUT2D eigenvalue weighted by molar-refractivity contribution is 5.07. The van der Waals surface area contributed by atoms with Crippen molar-refractivity contribution in [3.05, 3.63) is 17.8 Å². The molecule has 78 valence electrons. The van der Waals surface area contributed by atoms with Crippen molar-refractivity contribution >= 4 is 0 Å². The number of nitrogens with zero attached hydrogens (tertiary/aromatic N) is 1. The molecular formula is C11H18N2O.